The summed E-state index contributed by atoms with van der Waals surface area (Å²) in [5.41, 5.74) is 1.16. The van der Waals surface area contributed by atoms with Crippen molar-refractivity contribution in [3.8, 4) is 5.75 Å². The molecule has 0 spiro atoms. The molecule has 62 valence electrons. The Morgan fingerprint density at radius 1 is 1.25 bits per heavy atom. The van der Waals surface area contributed by atoms with Crippen molar-refractivity contribution < 1.29 is 17.1 Å². The second kappa shape index (κ2) is 8.04. The maximum Gasteiger partial charge on any atom is 2.00 e. The minimum Gasteiger partial charge on any atom is -1.00 e. The van der Waals surface area contributed by atoms with Gasteiger partial charge >= 0.3 is 23.1 Å². The molecule has 0 saturated carbocycles. The first kappa shape index (κ1) is 14.9. The van der Waals surface area contributed by atoms with Gasteiger partial charge in [0.05, 0.1) is 7.11 Å². The molecule has 4 heteroatoms. The van der Waals surface area contributed by atoms with E-state index in [0.717, 1.165) is 11.3 Å². The predicted octanol–water partition coefficient (Wildman–Crippen LogP) is -1.63. The third-order valence-electron chi connectivity index (χ3n) is 1.33. The maximum atomic E-state index is 4.98. The van der Waals surface area contributed by atoms with E-state index in [2.05, 4.69) is 0 Å². The molecule has 0 atom stereocenters. The summed E-state index contributed by atoms with van der Waals surface area (Å²) in [5.74, 6) is 1.55. The second-order valence-corrected chi connectivity index (χ2v) is 2.28. The average Bonchev–Trinajstić information content (AvgIpc) is 2.05. The number of hydrogen-bond donors (Lipinski definition) is 0. The molecule has 12 heavy (non-hydrogen) atoms. The van der Waals surface area contributed by atoms with Crippen LogP contribution in [0.3, 0.4) is 0 Å². The summed E-state index contributed by atoms with van der Waals surface area (Å²) < 4.78 is 4.98. The van der Waals surface area contributed by atoms with Gasteiger partial charge in [0.15, 0.2) is 0 Å². The van der Waals surface area contributed by atoms with Crippen LogP contribution >= 0.6 is 0 Å². The van der Waals surface area contributed by atoms with Crippen molar-refractivity contribution in [2.75, 3.05) is 7.11 Å². The largest absolute Gasteiger partial charge is 2.00 e. The molecule has 1 aromatic carbocycles. The van der Waals surface area contributed by atoms with E-state index in [0.29, 0.717) is 5.75 Å². The fourth-order valence-corrected chi connectivity index (χ4v) is 0.914. The Morgan fingerprint density at radius 2 is 1.75 bits per heavy atom. The fraction of sp³-hybridized carbons (Fsp3) is 0.250. The standard InChI is InChI=1S/C8H10OS.ClH.Mg/c1-9-8-4-2-7(6-10)3-5-8;;/h2-5,10H,6H2,1H3;1H;/q;;+2/p-2. The van der Waals surface area contributed by atoms with Crippen molar-refractivity contribution in [1.82, 2.24) is 0 Å². The number of benzene rings is 1. The summed E-state index contributed by atoms with van der Waals surface area (Å²) in [4.78, 5) is 0. The van der Waals surface area contributed by atoms with Crippen LogP contribution in [0.15, 0.2) is 24.3 Å². The molecule has 0 radical (unpaired) electrons. The van der Waals surface area contributed by atoms with Crippen molar-refractivity contribution in [3.05, 3.63) is 29.8 Å². The van der Waals surface area contributed by atoms with E-state index < -0.39 is 0 Å². The van der Waals surface area contributed by atoms with Crippen LogP contribution in [0.5, 0.6) is 5.75 Å². The van der Waals surface area contributed by atoms with Crippen molar-refractivity contribution >= 4 is 35.7 Å². The molecule has 0 aliphatic heterocycles. The van der Waals surface area contributed by atoms with E-state index in [1.165, 1.54) is 0 Å². The minimum absolute atomic E-state index is 0. The Kier molecular flexibility index (Phi) is 10.0. The van der Waals surface area contributed by atoms with Gasteiger partial charge in [0.25, 0.3) is 0 Å². The third-order valence-corrected chi connectivity index (χ3v) is 1.66. The fourth-order valence-electron chi connectivity index (χ4n) is 0.722. The Labute approximate surface area is 101 Å². The molecule has 0 N–H and O–H groups in total. The van der Waals surface area contributed by atoms with Gasteiger partial charge in [0.2, 0.25) is 0 Å². The van der Waals surface area contributed by atoms with Crippen LogP contribution < -0.4 is 17.1 Å². The summed E-state index contributed by atoms with van der Waals surface area (Å²) in [5, 5.41) is 0. The van der Waals surface area contributed by atoms with E-state index in [1.54, 1.807) is 7.11 Å². The molecule has 0 saturated heterocycles. The molecule has 0 aliphatic rings. The van der Waals surface area contributed by atoms with Crippen LogP contribution in [0, 0.1) is 0 Å². The van der Waals surface area contributed by atoms with Crippen LogP contribution in [0.1, 0.15) is 5.56 Å². The SMILES string of the molecule is COc1ccc(C[S-])cc1.[Cl-].[Mg+2]. The zero-order valence-corrected chi connectivity index (χ0v) is 9.90. The molecular formula is C8H9ClMgOS. The van der Waals surface area contributed by atoms with E-state index in [4.69, 9.17) is 17.4 Å². The van der Waals surface area contributed by atoms with Crippen molar-refractivity contribution in [1.29, 1.82) is 0 Å². The molecule has 1 aromatic rings. The van der Waals surface area contributed by atoms with E-state index in [1.807, 2.05) is 24.3 Å². The first-order valence-corrected chi connectivity index (χ1v) is 3.65. The number of methoxy groups -OCH3 is 1. The van der Waals surface area contributed by atoms with E-state index in [9.17, 15) is 0 Å². The monoisotopic (exact) mass is 212 g/mol. The number of rotatable bonds is 2. The van der Waals surface area contributed by atoms with Gasteiger partial charge in [-0.2, -0.15) is 5.75 Å². The molecule has 1 rings (SSSR count). The van der Waals surface area contributed by atoms with Crippen molar-refractivity contribution in [2.24, 2.45) is 0 Å². The Hall–Kier alpha value is 0.426. The number of ether oxygens (including phenoxy) is 1. The summed E-state index contributed by atoms with van der Waals surface area (Å²) >= 11 is 4.86. The van der Waals surface area contributed by atoms with Gasteiger partial charge in [0, 0.05) is 0 Å². The predicted molar refractivity (Wildman–Crippen MR) is 49.8 cm³/mol. The first-order chi connectivity index (χ1) is 4.86. The average molecular weight is 213 g/mol. The van der Waals surface area contributed by atoms with Gasteiger partial charge in [0.1, 0.15) is 5.75 Å². The van der Waals surface area contributed by atoms with Crippen LogP contribution in [0.25, 0.3) is 0 Å². The van der Waals surface area contributed by atoms with Crippen molar-refractivity contribution in [3.63, 3.8) is 0 Å². The number of hydrogen-bond acceptors (Lipinski definition) is 2. The van der Waals surface area contributed by atoms with Gasteiger partial charge < -0.3 is 29.8 Å². The molecule has 0 aromatic heterocycles. The van der Waals surface area contributed by atoms with Crippen molar-refractivity contribution in [2.45, 2.75) is 5.75 Å². The smallest absolute Gasteiger partial charge is 1.00 e. The molecule has 0 bridgehead atoms. The van der Waals surface area contributed by atoms with Gasteiger partial charge in [-0.15, -0.1) is 0 Å². The minimum atomic E-state index is 0. The Bertz CT molecular complexity index is 180. The molecule has 0 aliphatic carbocycles. The second-order valence-electron chi connectivity index (χ2n) is 1.99. The molecule has 0 heterocycles. The molecule has 0 amide bonds. The van der Waals surface area contributed by atoms with E-state index >= 15 is 0 Å². The zero-order valence-electron chi connectivity index (χ0n) is 6.92. The molecule has 1 nitrogen and oxygen atoms in total. The normalized spacial score (nSPS) is 7.83. The maximum absolute atomic E-state index is 4.98. The third kappa shape index (κ3) is 4.45. The number of halogens is 1. The summed E-state index contributed by atoms with van der Waals surface area (Å²) in [6.45, 7) is 0. The molecule has 0 fully saturated rings. The quantitative estimate of drug-likeness (QED) is 0.430. The zero-order chi connectivity index (χ0) is 7.40. The molecular weight excluding hydrogens is 204 g/mol. The summed E-state index contributed by atoms with van der Waals surface area (Å²) in [6, 6.07) is 7.79. The van der Waals surface area contributed by atoms with E-state index in [-0.39, 0.29) is 35.5 Å². The van der Waals surface area contributed by atoms with Crippen LogP contribution in [-0.2, 0) is 18.4 Å². The Morgan fingerprint density at radius 3 is 2.08 bits per heavy atom. The topological polar surface area (TPSA) is 9.23 Å². The first-order valence-electron chi connectivity index (χ1n) is 3.08. The van der Waals surface area contributed by atoms with Crippen LogP contribution in [0.2, 0.25) is 0 Å². The van der Waals surface area contributed by atoms with Gasteiger partial charge in [-0.25, -0.2) is 0 Å². The Balaban J connectivity index is 0. The van der Waals surface area contributed by atoms with Gasteiger partial charge in [-0.3, -0.25) is 0 Å². The summed E-state index contributed by atoms with van der Waals surface area (Å²) in [7, 11) is 1.66. The van der Waals surface area contributed by atoms with Crippen LogP contribution in [0.4, 0.5) is 0 Å². The van der Waals surface area contributed by atoms with Gasteiger partial charge in [-0.05, 0) is 12.1 Å². The van der Waals surface area contributed by atoms with Crippen LogP contribution in [-0.4, -0.2) is 30.2 Å². The molecule has 0 unspecified atom stereocenters. The summed E-state index contributed by atoms with van der Waals surface area (Å²) in [6.07, 6.45) is 0. The van der Waals surface area contributed by atoms with Gasteiger partial charge in [-0.1, -0.05) is 17.7 Å².